The predicted octanol–water partition coefficient (Wildman–Crippen LogP) is 4.10. The molecule has 1 atom stereocenters. The van der Waals surface area contributed by atoms with E-state index in [2.05, 4.69) is 11.4 Å². The van der Waals surface area contributed by atoms with Gasteiger partial charge in [-0.1, -0.05) is 17.7 Å². The summed E-state index contributed by atoms with van der Waals surface area (Å²) in [5.74, 6) is 0.510. The average molecular weight is 303 g/mol. The van der Waals surface area contributed by atoms with Crippen molar-refractivity contribution in [1.29, 1.82) is 5.26 Å². The standard InChI is InChI=1S/C16H15ClN2O2/c1-10(12-4-6-15(20)16(8-12)21-2)19-14-7-11(9-18)3-5-13(14)17/h3-8,10,19-20H,1-2H3. The van der Waals surface area contributed by atoms with Crippen molar-refractivity contribution in [2.45, 2.75) is 13.0 Å². The second-order valence-corrected chi connectivity index (χ2v) is 5.01. The summed E-state index contributed by atoms with van der Waals surface area (Å²) in [6, 6.07) is 12.2. The number of rotatable bonds is 4. The molecule has 108 valence electrons. The van der Waals surface area contributed by atoms with E-state index in [1.54, 1.807) is 36.4 Å². The molecule has 2 aromatic carbocycles. The summed E-state index contributed by atoms with van der Waals surface area (Å²) in [7, 11) is 1.50. The number of phenolic OH excluding ortho intramolecular Hbond substituents is 1. The number of methoxy groups -OCH3 is 1. The van der Waals surface area contributed by atoms with E-state index in [0.717, 1.165) is 5.56 Å². The quantitative estimate of drug-likeness (QED) is 0.892. The molecule has 4 nitrogen and oxygen atoms in total. The number of hydrogen-bond donors (Lipinski definition) is 2. The molecule has 0 aliphatic carbocycles. The lowest BCUT2D eigenvalue weighted by Crippen LogP contribution is -2.07. The van der Waals surface area contributed by atoms with Crippen LogP contribution in [0.1, 0.15) is 24.1 Å². The monoisotopic (exact) mass is 302 g/mol. The maximum Gasteiger partial charge on any atom is 0.160 e. The van der Waals surface area contributed by atoms with Gasteiger partial charge in [-0.3, -0.25) is 0 Å². The third kappa shape index (κ3) is 3.39. The minimum absolute atomic E-state index is 0.0639. The fourth-order valence-electron chi connectivity index (χ4n) is 1.99. The summed E-state index contributed by atoms with van der Waals surface area (Å²) in [6.07, 6.45) is 0. The van der Waals surface area contributed by atoms with Crippen molar-refractivity contribution in [3.8, 4) is 17.6 Å². The third-order valence-electron chi connectivity index (χ3n) is 3.17. The Labute approximate surface area is 128 Å². The molecule has 2 N–H and O–H groups in total. The Hall–Kier alpha value is -2.38. The molecule has 0 amide bonds. The number of phenols is 1. The molecule has 2 aromatic rings. The van der Waals surface area contributed by atoms with Crippen LogP contribution in [0.3, 0.4) is 0 Å². The summed E-state index contributed by atoms with van der Waals surface area (Å²) < 4.78 is 5.10. The topological polar surface area (TPSA) is 65.3 Å². The SMILES string of the molecule is COc1cc(C(C)Nc2cc(C#N)ccc2Cl)ccc1O. The lowest BCUT2D eigenvalue weighted by Gasteiger charge is -2.18. The Morgan fingerprint density at radius 3 is 2.71 bits per heavy atom. The number of anilines is 1. The Balaban J connectivity index is 2.26. The van der Waals surface area contributed by atoms with E-state index in [0.29, 0.717) is 22.0 Å². The van der Waals surface area contributed by atoms with Gasteiger partial charge in [0.1, 0.15) is 0 Å². The van der Waals surface area contributed by atoms with Crippen LogP contribution in [0.5, 0.6) is 11.5 Å². The van der Waals surface area contributed by atoms with Gasteiger partial charge in [0.25, 0.3) is 0 Å². The van der Waals surface area contributed by atoms with E-state index in [1.807, 2.05) is 6.92 Å². The number of hydrogen-bond acceptors (Lipinski definition) is 4. The molecule has 5 heteroatoms. The highest BCUT2D eigenvalue weighted by Gasteiger charge is 2.11. The highest BCUT2D eigenvalue weighted by molar-refractivity contribution is 6.33. The summed E-state index contributed by atoms with van der Waals surface area (Å²) in [5, 5.41) is 22.4. The molecular formula is C16H15ClN2O2. The van der Waals surface area contributed by atoms with Crippen molar-refractivity contribution < 1.29 is 9.84 Å². The van der Waals surface area contributed by atoms with Crippen LogP contribution in [0.15, 0.2) is 36.4 Å². The molecule has 0 aliphatic heterocycles. The van der Waals surface area contributed by atoms with Gasteiger partial charge in [-0.05, 0) is 42.8 Å². The summed E-state index contributed by atoms with van der Waals surface area (Å²) >= 11 is 6.13. The molecule has 0 heterocycles. The number of halogens is 1. The minimum Gasteiger partial charge on any atom is -0.504 e. The predicted molar refractivity (Wildman–Crippen MR) is 82.9 cm³/mol. The molecule has 0 radical (unpaired) electrons. The second-order valence-electron chi connectivity index (χ2n) is 4.60. The number of nitriles is 1. The fraction of sp³-hybridized carbons (Fsp3) is 0.188. The van der Waals surface area contributed by atoms with Crippen molar-refractivity contribution in [1.82, 2.24) is 0 Å². The first-order chi connectivity index (χ1) is 10.0. The Bertz CT molecular complexity index is 695. The smallest absolute Gasteiger partial charge is 0.160 e. The summed E-state index contributed by atoms with van der Waals surface area (Å²) in [5.41, 5.74) is 2.16. The average Bonchev–Trinajstić information content (AvgIpc) is 2.49. The van der Waals surface area contributed by atoms with Crippen molar-refractivity contribution in [2.75, 3.05) is 12.4 Å². The molecular weight excluding hydrogens is 288 g/mol. The van der Waals surface area contributed by atoms with Crippen molar-refractivity contribution >= 4 is 17.3 Å². The van der Waals surface area contributed by atoms with Crippen LogP contribution in [0.4, 0.5) is 5.69 Å². The van der Waals surface area contributed by atoms with E-state index < -0.39 is 0 Å². The number of ether oxygens (including phenoxy) is 1. The molecule has 0 fully saturated rings. The number of nitrogens with one attached hydrogen (secondary N) is 1. The van der Waals surface area contributed by atoms with Crippen LogP contribution in [0.2, 0.25) is 5.02 Å². The van der Waals surface area contributed by atoms with Crippen LogP contribution in [0, 0.1) is 11.3 Å². The lowest BCUT2D eigenvalue weighted by molar-refractivity contribution is 0.373. The summed E-state index contributed by atoms with van der Waals surface area (Å²) in [4.78, 5) is 0. The molecule has 0 aliphatic rings. The molecule has 0 saturated heterocycles. The van der Waals surface area contributed by atoms with E-state index in [9.17, 15) is 5.11 Å². The van der Waals surface area contributed by atoms with Crippen molar-refractivity contribution in [2.24, 2.45) is 0 Å². The fourth-order valence-corrected chi connectivity index (χ4v) is 2.16. The molecule has 0 saturated carbocycles. The zero-order valence-corrected chi connectivity index (χ0v) is 12.5. The van der Waals surface area contributed by atoms with Crippen LogP contribution in [0.25, 0.3) is 0 Å². The van der Waals surface area contributed by atoms with Gasteiger partial charge in [0, 0.05) is 6.04 Å². The van der Waals surface area contributed by atoms with Gasteiger partial charge >= 0.3 is 0 Å². The highest BCUT2D eigenvalue weighted by Crippen LogP contribution is 2.31. The maximum absolute atomic E-state index is 9.62. The van der Waals surface area contributed by atoms with Gasteiger partial charge in [0.2, 0.25) is 0 Å². The van der Waals surface area contributed by atoms with Crippen molar-refractivity contribution in [3.05, 3.63) is 52.5 Å². The molecule has 0 bridgehead atoms. The van der Waals surface area contributed by atoms with E-state index in [1.165, 1.54) is 7.11 Å². The molecule has 0 spiro atoms. The normalized spacial score (nSPS) is 11.5. The Kier molecular flexibility index (Phi) is 4.56. The Morgan fingerprint density at radius 1 is 1.29 bits per heavy atom. The first-order valence-corrected chi connectivity index (χ1v) is 6.76. The van der Waals surface area contributed by atoms with Crippen LogP contribution in [-0.2, 0) is 0 Å². The van der Waals surface area contributed by atoms with Crippen LogP contribution < -0.4 is 10.1 Å². The molecule has 2 rings (SSSR count). The summed E-state index contributed by atoms with van der Waals surface area (Å²) in [6.45, 7) is 1.96. The molecule has 1 unspecified atom stereocenters. The largest absolute Gasteiger partial charge is 0.504 e. The minimum atomic E-state index is -0.0639. The lowest BCUT2D eigenvalue weighted by atomic mass is 10.1. The van der Waals surface area contributed by atoms with Crippen molar-refractivity contribution in [3.63, 3.8) is 0 Å². The van der Waals surface area contributed by atoms with Gasteiger partial charge in [-0.2, -0.15) is 5.26 Å². The second kappa shape index (κ2) is 6.38. The third-order valence-corrected chi connectivity index (χ3v) is 3.50. The van der Waals surface area contributed by atoms with Gasteiger partial charge < -0.3 is 15.2 Å². The van der Waals surface area contributed by atoms with Gasteiger partial charge in [-0.15, -0.1) is 0 Å². The van der Waals surface area contributed by atoms with E-state index in [4.69, 9.17) is 21.6 Å². The van der Waals surface area contributed by atoms with Gasteiger partial charge in [-0.25, -0.2) is 0 Å². The van der Waals surface area contributed by atoms with Gasteiger partial charge in [0.15, 0.2) is 11.5 Å². The Morgan fingerprint density at radius 2 is 2.05 bits per heavy atom. The first kappa shape index (κ1) is 15.0. The number of aromatic hydroxyl groups is 1. The maximum atomic E-state index is 9.62. The zero-order valence-electron chi connectivity index (χ0n) is 11.7. The van der Waals surface area contributed by atoms with E-state index in [-0.39, 0.29) is 11.8 Å². The van der Waals surface area contributed by atoms with E-state index >= 15 is 0 Å². The molecule has 21 heavy (non-hydrogen) atoms. The molecule has 0 aromatic heterocycles. The number of benzene rings is 2. The van der Waals surface area contributed by atoms with Gasteiger partial charge in [0.05, 0.1) is 29.5 Å². The zero-order chi connectivity index (χ0) is 15.4. The van der Waals surface area contributed by atoms with Crippen LogP contribution in [-0.4, -0.2) is 12.2 Å². The highest BCUT2D eigenvalue weighted by atomic mass is 35.5. The number of nitrogens with zero attached hydrogens (tertiary/aromatic N) is 1. The van der Waals surface area contributed by atoms with Crippen LogP contribution >= 0.6 is 11.6 Å². The first-order valence-electron chi connectivity index (χ1n) is 6.38.